The number of fused-ring (bicyclic) bond motifs is 5. The van der Waals surface area contributed by atoms with E-state index >= 15 is 0 Å². The zero-order valence-corrected chi connectivity index (χ0v) is 24.0. The number of amides is 1. The summed E-state index contributed by atoms with van der Waals surface area (Å²) in [6.45, 7) is 4.25. The van der Waals surface area contributed by atoms with Crippen molar-refractivity contribution < 1.29 is 38.9 Å². The van der Waals surface area contributed by atoms with Gasteiger partial charge >= 0.3 is 11.9 Å². The number of hydrogen-bond acceptors (Lipinski definition) is 7. The van der Waals surface area contributed by atoms with Crippen molar-refractivity contribution in [2.75, 3.05) is 13.2 Å². The summed E-state index contributed by atoms with van der Waals surface area (Å²) in [5, 5.41) is 23.1. The summed E-state index contributed by atoms with van der Waals surface area (Å²) in [6.07, 6.45) is 9.79. The summed E-state index contributed by atoms with van der Waals surface area (Å²) in [5.74, 6) is -0.962. The minimum atomic E-state index is -1.54. The van der Waals surface area contributed by atoms with Gasteiger partial charge in [0.2, 0.25) is 11.7 Å². The number of unbranched alkanes of at least 4 members (excludes halogenated alkanes) is 2. The van der Waals surface area contributed by atoms with E-state index in [0.717, 1.165) is 38.5 Å². The Morgan fingerprint density at radius 1 is 0.950 bits per heavy atom. The van der Waals surface area contributed by atoms with E-state index in [-0.39, 0.29) is 42.3 Å². The first-order valence-electron chi connectivity index (χ1n) is 15.0. The van der Waals surface area contributed by atoms with E-state index in [4.69, 9.17) is 9.84 Å². The van der Waals surface area contributed by atoms with Crippen LogP contribution in [0.15, 0.2) is 11.6 Å². The Kier molecular flexibility index (Phi) is 9.22. The van der Waals surface area contributed by atoms with Crippen LogP contribution >= 0.6 is 0 Å². The van der Waals surface area contributed by atoms with Gasteiger partial charge in [-0.15, -0.1) is 0 Å². The molecule has 0 aromatic rings. The average Bonchev–Trinajstić information content (AvgIpc) is 3.19. The number of nitrogens with one attached hydrogen (secondary N) is 1. The van der Waals surface area contributed by atoms with Crippen LogP contribution in [0.5, 0.6) is 0 Å². The van der Waals surface area contributed by atoms with Crippen LogP contribution in [0.4, 0.5) is 0 Å². The second-order valence-corrected chi connectivity index (χ2v) is 13.0. The monoisotopic (exact) mass is 559 g/mol. The molecule has 4 aliphatic carbocycles. The minimum absolute atomic E-state index is 0.0189. The number of ketones is 2. The fourth-order valence-electron chi connectivity index (χ4n) is 8.48. The molecule has 4 aliphatic rings. The number of carboxylic acids is 1. The number of aliphatic hydroxyl groups is 1. The third kappa shape index (κ3) is 5.90. The third-order valence-electron chi connectivity index (χ3n) is 10.9. The number of allylic oxidation sites excluding steroid dienone is 1. The molecule has 2 unspecified atom stereocenters. The van der Waals surface area contributed by atoms with E-state index in [1.807, 2.05) is 13.0 Å². The van der Waals surface area contributed by atoms with E-state index in [2.05, 4.69) is 12.2 Å². The zero-order valence-electron chi connectivity index (χ0n) is 24.0. The molecule has 9 heteroatoms. The number of carbonyl (C=O) groups is 5. The minimum Gasteiger partial charge on any atom is -0.481 e. The molecule has 0 bridgehead atoms. The fraction of sp³-hybridized carbons (Fsp3) is 0.774. The SMILES string of the molecule is C[C@@]12CCC(=O)C=C1CC[C@H]1C2CC[C@]2(C)C1CC[C@@]2(O)C(=O)COC(=O)CCC(=O)NCCCCCC(=O)O. The van der Waals surface area contributed by atoms with Gasteiger partial charge in [-0.2, -0.15) is 0 Å². The number of aliphatic carboxylic acids is 1. The van der Waals surface area contributed by atoms with Crippen molar-refractivity contribution in [2.24, 2.45) is 28.6 Å². The molecule has 0 aromatic heterocycles. The highest BCUT2D eigenvalue weighted by Crippen LogP contribution is 2.67. The fourth-order valence-corrected chi connectivity index (χ4v) is 8.48. The molecule has 0 heterocycles. The van der Waals surface area contributed by atoms with Crippen LogP contribution in [0.2, 0.25) is 0 Å². The van der Waals surface area contributed by atoms with Gasteiger partial charge in [0, 0.05) is 31.2 Å². The lowest BCUT2D eigenvalue weighted by Crippen LogP contribution is -2.58. The van der Waals surface area contributed by atoms with Gasteiger partial charge in [-0.3, -0.25) is 24.0 Å². The standard InChI is InChI=1S/C31H45NO8/c1-29-14-11-21(33)18-20(29)7-8-22-23(29)12-15-30(2)24(22)13-16-31(30,39)25(34)19-40-28(38)10-9-26(35)32-17-5-3-4-6-27(36)37/h18,22-24,39H,3-17,19H2,1-2H3,(H,32,35)(H,36,37)/t22-,23?,24?,29+,30+,31+/m0/s1. The molecule has 1 amide bonds. The molecule has 40 heavy (non-hydrogen) atoms. The number of Topliss-reactive ketones (excluding diaryl/α,β-unsaturated/α-hetero) is 1. The van der Waals surface area contributed by atoms with Gasteiger partial charge in [0.05, 0.1) is 6.42 Å². The van der Waals surface area contributed by atoms with Crippen molar-refractivity contribution in [3.8, 4) is 0 Å². The smallest absolute Gasteiger partial charge is 0.306 e. The van der Waals surface area contributed by atoms with E-state index < -0.39 is 35.3 Å². The van der Waals surface area contributed by atoms with Crippen LogP contribution in [0, 0.1) is 28.6 Å². The first-order valence-corrected chi connectivity index (χ1v) is 15.0. The Morgan fingerprint density at radius 2 is 1.70 bits per heavy atom. The van der Waals surface area contributed by atoms with Crippen molar-refractivity contribution in [3.05, 3.63) is 11.6 Å². The molecule has 3 fully saturated rings. The molecule has 3 N–H and O–H groups in total. The highest BCUT2D eigenvalue weighted by atomic mass is 16.5. The molecule has 6 atom stereocenters. The van der Waals surface area contributed by atoms with E-state index in [0.29, 0.717) is 50.5 Å². The largest absolute Gasteiger partial charge is 0.481 e. The Hall–Kier alpha value is -2.55. The van der Waals surface area contributed by atoms with E-state index in [1.165, 1.54) is 5.57 Å². The maximum absolute atomic E-state index is 13.3. The predicted molar refractivity (Wildman–Crippen MR) is 146 cm³/mol. The van der Waals surface area contributed by atoms with Gasteiger partial charge in [0.1, 0.15) is 5.60 Å². The Bertz CT molecular complexity index is 1070. The number of carboxylic acid groups (broad SMARTS) is 1. The molecular formula is C31H45NO8. The second kappa shape index (κ2) is 12.1. The molecule has 0 spiro atoms. The molecule has 0 saturated heterocycles. The lowest BCUT2D eigenvalue weighted by atomic mass is 9.46. The van der Waals surface area contributed by atoms with Gasteiger partial charge in [-0.1, -0.05) is 25.8 Å². The maximum atomic E-state index is 13.3. The Morgan fingerprint density at radius 3 is 2.45 bits per heavy atom. The summed E-state index contributed by atoms with van der Waals surface area (Å²) in [5.41, 5.74) is -0.815. The molecule has 3 saturated carbocycles. The summed E-state index contributed by atoms with van der Waals surface area (Å²) < 4.78 is 5.22. The van der Waals surface area contributed by atoms with Crippen LogP contribution in [0.25, 0.3) is 0 Å². The average molecular weight is 560 g/mol. The molecule has 0 aliphatic heterocycles. The van der Waals surface area contributed by atoms with Crippen LogP contribution in [0.1, 0.15) is 104 Å². The first-order chi connectivity index (χ1) is 18.9. The molecule has 4 rings (SSSR count). The van der Waals surface area contributed by atoms with Crippen molar-refractivity contribution >= 4 is 29.4 Å². The number of rotatable bonds is 12. The molecule has 0 aromatic carbocycles. The summed E-state index contributed by atoms with van der Waals surface area (Å²) in [7, 11) is 0. The van der Waals surface area contributed by atoms with Crippen molar-refractivity contribution in [1.82, 2.24) is 5.32 Å². The van der Waals surface area contributed by atoms with Gasteiger partial charge < -0.3 is 20.3 Å². The highest BCUT2D eigenvalue weighted by Gasteiger charge is 2.66. The van der Waals surface area contributed by atoms with Crippen LogP contribution < -0.4 is 5.32 Å². The maximum Gasteiger partial charge on any atom is 0.306 e. The highest BCUT2D eigenvalue weighted by molar-refractivity contribution is 5.92. The topological polar surface area (TPSA) is 147 Å². The number of carbonyl (C=O) groups excluding carboxylic acids is 4. The number of hydrogen-bond donors (Lipinski definition) is 3. The lowest BCUT2D eigenvalue weighted by molar-refractivity contribution is -0.170. The van der Waals surface area contributed by atoms with Gasteiger partial charge in [0.25, 0.3) is 0 Å². The van der Waals surface area contributed by atoms with E-state index in [9.17, 15) is 29.1 Å². The van der Waals surface area contributed by atoms with Crippen molar-refractivity contribution in [1.29, 1.82) is 0 Å². The normalized spacial score (nSPS) is 34.6. The van der Waals surface area contributed by atoms with Crippen LogP contribution in [0.3, 0.4) is 0 Å². The van der Waals surface area contributed by atoms with Gasteiger partial charge in [-0.25, -0.2) is 0 Å². The number of ether oxygens (including phenoxy) is 1. The molecular weight excluding hydrogens is 514 g/mol. The van der Waals surface area contributed by atoms with E-state index in [1.54, 1.807) is 0 Å². The summed E-state index contributed by atoms with van der Waals surface area (Å²) >= 11 is 0. The van der Waals surface area contributed by atoms with Crippen molar-refractivity contribution in [3.63, 3.8) is 0 Å². The first kappa shape index (κ1) is 30.4. The Balaban J connectivity index is 1.25. The molecule has 0 radical (unpaired) electrons. The van der Waals surface area contributed by atoms with Crippen LogP contribution in [-0.2, 0) is 28.7 Å². The van der Waals surface area contributed by atoms with Gasteiger partial charge in [0.15, 0.2) is 12.4 Å². The number of esters is 1. The Labute approximate surface area is 236 Å². The van der Waals surface area contributed by atoms with Crippen molar-refractivity contribution in [2.45, 2.75) is 109 Å². The van der Waals surface area contributed by atoms with Gasteiger partial charge in [-0.05, 0) is 87.0 Å². The second-order valence-electron chi connectivity index (χ2n) is 13.0. The third-order valence-corrected chi connectivity index (χ3v) is 10.9. The predicted octanol–water partition coefficient (Wildman–Crippen LogP) is 3.90. The summed E-state index contributed by atoms with van der Waals surface area (Å²) in [6, 6.07) is 0. The molecule has 222 valence electrons. The lowest BCUT2D eigenvalue weighted by Gasteiger charge is -2.58. The summed E-state index contributed by atoms with van der Waals surface area (Å²) in [4.78, 5) is 60.2. The molecule has 9 nitrogen and oxygen atoms in total. The quantitative estimate of drug-likeness (QED) is 0.241. The van der Waals surface area contributed by atoms with Crippen LogP contribution in [-0.4, -0.2) is 58.4 Å². The zero-order chi connectivity index (χ0) is 29.1.